The van der Waals surface area contributed by atoms with Crippen molar-refractivity contribution in [3.8, 4) is 0 Å². The summed E-state index contributed by atoms with van der Waals surface area (Å²) in [6, 6.07) is 6.77. The molecule has 1 heteroatoms. The molecule has 0 heterocycles. The number of hydrogen-bond donors (Lipinski definition) is 0. The lowest BCUT2D eigenvalue weighted by Crippen LogP contribution is -2.20. The van der Waals surface area contributed by atoms with Crippen molar-refractivity contribution in [2.24, 2.45) is 0 Å². The average molecular weight is 191 g/mol. The molecule has 1 aromatic rings. The van der Waals surface area contributed by atoms with Gasteiger partial charge in [0, 0.05) is 6.54 Å². The van der Waals surface area contributed by atoms with Crippen LogP contribution in [0.25, 0.3) is 0 Å². The number of aryl methyl sites for hydroxylation is 2. The van der Waals surface area contributed by atoms with Gasteiger partial charge in [0.15, 0.2) is 0 Å². The van der Waals surface area contributed by atoms with Crippen LogP contribution in [0.1, 0.15) is 23.6 Å². The highest BCUT2D eigenvalue weighted by atomic mass is 15.1. The van der Waals surface area contributed by atoms with Crippen LogP contribution in [0, 0.1) is 13.8 Å². The summed E-state index contributed by atoms with van der Waals surface area (Å²) in [5, 5.41) is 0. The van der Waals surface area contributed by atoms with E-state index in [2.05, 4.69) is 50.9 Å². The van der Waals surface area contributed by atoms with E-state index < -0.39 is 0 Å². The van der Waals surface area contributed by atoms with Crippen LogP contribution in [-0.2, 0) is 6.42 Å². The van der Waals surface area contributed by atoms with E-state index in [0.29, 0.717) is 0 Å². The Labute approximate surface area is 87.7 Å². The SMILES string of the molecule is CCN(C)CCc1ccc(C)c(C)c1. The molecule has 0 saturated carbocycles. The van der Waals surface area contributed by atoms with E-state index in [1.54, 1.807) is 0 Å². The largest absolute Gasteiger partial charge is 0.306 e. The molecule has 1 aromatic carbocycles. The van der Waals surface area contributed by atoms with Gasteiger partial charge in [-0.15, -0.1) is 0 Å². The number of benzene rings is 1. The smallest absolute Gasteiger partial charge is 0.00187 e. The van der Waals surface area contributed by atoms with Crippen molar-refractivity contribution in [1.29, 1.82) is 0 Å². The highest BCUT2D eigenvalue weighted by Gasteiger charge is 1.98. The standard InChI is InChI=1S/C13H21N/c1-5-14(4)9-8-13-7-6-11(2)12(3)10-13/h6-7,10H,5,8-9H2,1-4H3. The topological polar surface area (TPSA) is 3.24 Å². The summed E-state index contributed by atoms with van der Waals surface area (Å²) < 4.78 is 0. The first-order chi connectivity index (χ1) is 6.63. The Morgan fingerprint density at radius 3 is 2.43 bits per heavy atom. The lowest BCUT2D eigenvalue weighted by atomic mass is 10.0. The van der Waals surface area contributed by atoms with Gasteiger partial charge in [0.05, 0.1) is 0 Å². The van der Waals surface area contributed by atoms with E-state index in [1.807, 2.05) is 0 Å². The summed E-state index contributed by atoms with van der Waals surface area (Å²) in [6.07, 6.45) is 1.16. The summed E-state index contributed by atoms with van der Waals surface area (Å²) in [4.78, 5) is 2.34. The van der Waals surface area contributed by atoms with E-state index in [9.17, 15) is 0 Å². The predicted molar refractivity (Wildman–Crippen MR) is 62.8 cm³/mol. The van der Waals surface area contributed by atoms with E-state index in [4.69, 9.17) is 0 Å². The number of rotatable bonds is 4. The molecule has 0 fully saturated rings. The Bertz CT molecular complexity index is 291. The molecule has 0 bridgehead atoms. The van der Waals surface area contributed by atoms with Crippen LogP contribution in [-0.4, -0.2) is 25.0 Å². The van der Waals surface area contributed by atoms with Crippen molar-refractivity contribution < 1.29 is 0 Å². The molecule has 0 aliphatic carbocycles. The fourth-order valence-electron chi connectivity index (χ4n) is 1.44. The van der Waals surface area contributed by atoms with Crippen molar-refractivity contribution in [2.75, 3.05) is 20.1 Å². The van der Waals surface area contributed by atoms with Crippen molar-refractivity contribution >= 4 is 0 Å². The normalized spacial score (nSPS) is 10.9. The van der Waals surface area contributed by atoms with Crippen LogP contribution in [0.5, 0.6) is 0 Å². The minimum atomic E-state index is 1.13. The molecule has 0 amide bonds. The van der Waals surface area contributed by atoms with Gasteiger partial charge < -0.3 is 4.90 Å². The highest BCUT2D eigenvalue weighted by Crippen LogP contribution is 2.10. The lowest BCUT2D eigenvalue weighted by Gasteiger charge is -2.13. The average Bonchev–Trinajstić information content (AvgIpc) is 2.19. The minimum absolute atomic E-state index is 1.13. The first kappa shape index (κ1) is 11.3. The molecule has 14 heavy (non-hydrogen) atoms. The summed E-state index contributed by atoms with van der Waals surface area (Å²) in [6.45, 7) is 8.82. The van der Waals surface area contributed by atoms with Gasteiger partial charge in [-0.3, -0.25) is 0 Å². The number of nitrogens with zero attached hydrogens (tertiary/aromatic N) is 1. The Kier molecular flexibility index (Phi) is 4.15. The first-order valence-corrected chi connectivity index (χ1v) is 5.38. The van der Waals surface area contributed by atoms with Crippen molar-refractivity contribution in [2.45, 2.75) is 27.2 Å². The number of hydrogen-bond acceptors (Lipinski definition) is 1. The fraction of sp³-hybridized carbons (Fsp3) is 0.538. The zero-order valence-corrected chi connectivity index (χ0v) is 9.80. The third-order valence-electron chi connectivity index (χ3n) is 2.89. The monoisotopic (exact) mass is 191 g/mol. The zero-order chi connectivity index (χ0) is 10.6. The van der Waals surface area contributed by atoms with Gasteiger partial charge in [0.25, 0.3) is 0 Å². The third kappa shape index (κ3) is 3.15. The van der Waals surface area contributed by atoms with Crippen molar-refractivity contribution in [1.82, 2.24) is 4.90 Å². The highest BCUT2D eigenvalue weighted by molar-refractivity contribution is 5.29. The van der Waals surface area contributed by atoms with Gasteiger partial charge in [0.2, 0.25) is 0 Å². The van der Waals surface area contributed by atoms with Crippen molar-refractivity contribution in [3.63, 3.8) is 0 Å². The number of likely N-dealkylation sites (N-methyl/N-ethyl adjacent to an activating group) is 1. The van der Waals surface area contributed by atoms with E-state index in [1.165, 1.54) is 16.7 Å². The van der Waals surface area contributed by atoms with Crippen LogP contribution in [0.4, 0.5) is 0 Å². The van der Waals surface area contributed by atoms with Gasteiger partial charge in [-0.05, 0) is 50.6 Å². The molecule has 0 aromatic heterocycles. The molecule has 78 valence electrons. The molecule has 0 unspecified atom stereocenters. The molecular weight excluding hydrogens is 170 g/mol. The second-order valence-corrected chi connectivity index (χ2v) is 4.06. The third-order valence-corrected chi connectivity index (χ3v) is 2.89. The predicted octanol–water partition coefficient (Wildman–Crippen LogP) is 2.80. The van der Waals surface area contributed by atoms with Crippen LogP contribution < -0.4 is 0 Å². The Morgan fingerprint density at radius 1 is 1.14 bits per heavy atom. The maximum absolute atomic E-state index is 2.34. The Balaban J connectivity index is 2.55. The maximum atomic E-state index is 2.34. The summed E-state index contributed by atoms with van der Waals surface area (Å²) >= 11 is 0. The van der Waals surface area contributed by atoms with Crippen LogP contribution >= 0.6 is 0 Å². The summed E-state index contributed by atoms with van der Waals surface area (Å²) in [5.41, 5.74) is 4.24. The van der Waals surface area contributed by atoms with E-state index in [0.717, 1.165) is 19.5 Å². The molecule has 0 atom stereocenters. The molecule has 0 saturated heterocycles. The quantitative estimate of drug-likeness (QED) is 0.707. The van der Waals surface area contributed by atoms with E-state index in [-0.39, 0.29) is 0 Å². The van der Waals surface area contributed by atoms with Crippen LogP contribution in [0.3, 0.4) is 0 Å². The summed E-state index contributed by atoms with van der Waals surface area (Å²) in [5.74, 6) is 0. The molecule has 0 aliphatic heterocycles. The van der Waals surface area contributed by atoms with Gasteiger partial charge >= 0.3 is 0 Å². The van der Waals surface area contributed by atoms with Gasteiger partial charge in [0.1, 0.15) is 0 Å². The van der Waals surface area contributed by atoms with Gasteiger partial charge in [-0.1, -0.05) is 25.1 Å². The summed E-state index contributed by atoms with van der Waals surface area (Å²) in [7, 11) is 2.17. The van der Waals surface area contributed by atoms with Crippen molar-refractivity contribution in [3.05, 3.63) is 34.9 Å². The molecule has 1 nitrogen and oxygen atoms in total. The molecule has 0 spiro atoms. The first-order valence-electron chi connectivity index (χ1n) is 5.38. The fourth-order valence-corrected chi connectivity index (χ4v) is 1.44. The van der Waals surface area contributed by atoms with Crippen LogP contribution in [0.2, 0.25) is 0 Å². The molecule has 0 radical (unpaired) electrons. The second kappa shape index (κ2) is 5.16. The lowest BCUT2D eigenvalue weighted by molar-refractivity contribution is 0.357. The minimum Gasteiger partial charge on any atom is -0.306 e. The van der Waals surface area contributed by atoms with Gasteiger partial charge in [-0.2, -0.15) is 0 Å². The molecule has 0 aliphatic rings. The molecular formula is C13H21N. The molecule has 0 N–H and O–H groups in total. The van der Waals surface area contributed by atoms with Gasteiger partial charge in [-0.25, -0.2) is 0 Å². The Hall–Kier alpha value is -0.820. The zero-order valence-electron chi connectivity index (χ0n) is 9.80. The van der Waals surface area contributed by atoms with Crippen LogP contribution in [0.15, 0.2) is 18.2 Å². The second-order valence-electron chi connectivity index (χ2n) is 4.06. The van der Waals surface area contributed by atoms with E-state index >= 15 is 0 Å². The maximum Gasteiger partial charge on any atom is 0.00187 e. The Morgan fingerprint density at radius 2 is 1.86 bits per heavy atom. The molecule has 1 rings (SSSR count).